The van der Waals surface area contributed by atoms with Crippen molar-refractivity contribution >= 4 is 17.7 Å². The molecule has 0 saturated carbocycles. The zero-order chi connectivity index (χ0) is 23.6. The standard InChI is InChI=1S/C24H35N5O3/c1-17(2)31-21-12-9-19(15-27-21)16-28-22(25-6)26-14-13-18-7-10-20(11-8-18)29-23(30)32-24(3,4)5/h7-12,15,17H,13-14,16H2,1-6H3,(H,29,30)(H2,25,26,28). The highest BCUT2D eigenvalue weighted by Crippen LogP contribution is 2.13. The summed E-state index contributed by atoms with van der Waals surface area (Å²) >= 11 is 0. The lowest BCUT2D eigenvalue weighted by molar-refractivity contribution is 0.0636. The van der Waals surface area contributed by atoms with Gasteiger partial charge in [-0.1, -0.05) is 18.2 Å². The molecule has 8 nitrogen and oxygen atoms in total. The van der Waals surface area contributed by atoms with Gasteiger partial charge in [-0.2, -0.15) is 0 Å². The van der Waals surface area contributed by atoms with Crippen molar-refractivity contribution in [2.45, 2.75) is 59.3 Å². The second kappa shape index (κ2) is 11.9. The maximum Gasteiger partial charge on any atom is 0.412 e. The van der Waals surface area contributed by atoms with Crippen molar-refractivity contribution in [2.24, 2.45) is 4.99 Å². The van der Waals surface area contributed by atoms with Crippen LogP contribution >= 0.6 is 0 Å². The van der Waals surface area contributed by atoms with Crippen molar-refractivity contribution in [3.63, 3.8) is 0 Å². The van der Waals surface area contributed by atoms with E-state index in [2.05, 4.69) is 25.9 Å². The summed E-state index contributed by atoms with van der Waals surface area (Å²) in [5, 5.41) is 9.32. The molecule has 0 aliphatic heterocycles. The molecule has 1 heterocycles. The molecule has 0 radical (unpaired) electrons. The van der Waals surface area contributed by atoms with Crippen molar-refractivity contribution in [1.82, 2.24) is 15.6 Å². The number of pyridine rings is 1. The SMILES string of the molecule is CN=C(NCCc1ccc(NC(=O)OC(C)(C)C)cc1)NCc1ccc(OC(C)C)nc1. The van der Waals surface area contributed by atoms with Crippen molar-refractivity contribution in [3.05, 3.63) is 53.7 Å². The number of aromatic nitrogens is 1. The van der Waals surface area contributed by atoms with E-state index >= 15 is 0 Å². The van der Waals surface area contributed by atoms with Crippen LogP contribution in [0.1, 0.15) is 45.7 Å². The minimum atomic E-state index is -0.523. The summed E-state index contributed by atoms with van der Waals surface area (Å²) in [5.41, 5.74) is 2.36. The lowest BCUT2D eigenvalue weighted by Gasteiger charge is -2.19. The van der Waals surface area contributed by atoms with Crippen molar-refractivity contribution in [3.8, 4) is 5.88 Å². The summed E-state index contributed by atoms with van der Waals surface area (Å²) in [7, 11) is 1.74. The summed E-state index contributed by atoms with van der Waals surface area (Å²) in [6.07, 6.45) is 2.26. The first-order valence-electron chi connectivity index (χ1n) is 10.8. The molecule has 2 aromatic rings. The number of carbonyl (C=O) groups is 1. The van der Waals surface area contributed by atoms with Gasteiger partial charge in [-0.3, -0.25) is 10.3 Å². The zero-order valence-corrected chi connectivity index (χ0v) is 19.9. The number of hydrogen-bond donors (Lipinski definition) is 3. The number of nitrogens with one attached hydrogen (secondary N) is 3. The predicted octanol–water partition coefficient (Wildman–Crippen LogP) is 4.12. The Kier molecular flexibility index (Phi) is 9.31. The number of benzene rings is 1. The fourth-order valence-electron chi connectivity index (χ4n) is 2.73. The van der Waals surface area contributed by atoms with Crippen molar-refractivity contribution in [1.29, 1.82) is 0 Å². The van der Waals surface area contributed by atoms with Gasteiger partial charge in [0.2, 0.25) is 5.88 Å². The largest absolute Gasteiger partial charge is 0.475 e. The van der Waals surface area contributed by atoms with Gasteiger partial charge in [0.1, 0.15) is 5.60 Å². The molecule has 174 valence electrons. The minimum Gasteiger partial charge on any atom is -0.475 e. The van der Waals surface area contributed by atoms with Crippen LogP contribution in [0.5, 0.6) is 5.88 Å². The van der Waals surface area contributed by atoms with Crippen LogP contribution in [0.2, 0.25) is 0 Å². The van der Waals surface area contributed by atoms with Crippen LogP contribution in [0, 0.1) is 0 Å². The number of guanidine groups is 1. The molecule has 3 N–H and O–H groups in total. The third kappa shape index (κ3) is 9.68. The van der Waals surface area contributed by atoms with Gasteiger partial charge in [-0.25, -0.2) is 9.78 Å². The highest BCUT2D eigenvalue weighted by Gasteiger charge is 2.16. The first kappa shape index (κ1) is 25.0. The molecule has 0 spiro atoms. The van der Waals surface area contributed by atoms with E-state index in [1.54, 1.807) is 13.2 Å². The molecular formula is C24H35N5O3. The molecule has 0 aliphatic rings. The quantitative estimate of drug-likeness (QED) is 0.421. The van der Waals surface area contributed by atoms with Crippen molar-refractivity contribution < 1.29 is 14.3 Å². The summed E-state index contributed by atoms with van der Waals surface area (Å²) in [6.45, 7) is 10.8. The molecule has 1 amide bonds. The van der Waals surface area contributed by atoms with Gasteiger partial charge in [0.05, 0.1) is 6.10 Å². The molecular weight excluding hydrogens is 406 g/mol. The van der Waals surface area contributed by atoms with Crippen LogP contribution in [0.3, 0.4) is 0 Å². The zero-order valence-electron chi connectivity index (χ0n) is 19.9. The van der Waals surface area contributed by atoms with Gasteiger partial charge in [0, 0.05) is 38.1 Å². The van der Waals surface area contributed by atoms with E-state index in [4.69, 9.17) is 9.47 Å². The molecule has 1 aromatic heterocycles. The number of amides is 1. The maximum absolute atomic E-state index is 11.8. The van der Waals surface area contributed by atoms with Gasteiger partial charge in [-0.05, 0) is 64.3 Å². The topological polar surface area (TPSA) is 96.9 Å². The van der Waals surface area contributed by atoms with E-state index in [-0.39, 0.29) is 6.10 Å². The van der Waals surface area contributed by atoms with E-state index in [0.717, 1.165) is 30.1 Å². The van der Waals surface area contributed by atoms with E-state index in [1.165, 1.54) is 0 Å². The molecule has 0 fully saturated rings. The second-order valence-electron chi connectivity index (χ2n) is 8.60. The van der Waals surface area contributed by atoms with Crippen LogP contribution in [0.4, 0.5) is 10.5 Å². The van der Waals surface area contributed by atoms with E-state index < -0.39 is 11.7 Å². The number of hydrogen-bond acceptors (Lipinski definition) is 5. The van der Waals surface area contributed by atoms with E-state index in [0.29, 0.717) is 18.1 Å². The Morgan fingerprint density at radius 2 is 1.75 bits per heavy atom. The van der Waals surface area contributed by atoms with Crippen LogP contribution in [-0.4, -0.2) is 42.3 Å². The fraction of sp³-hybridized carbons (Fsp3) is 0.458. The maximum atomic E-state index is 11.8. The van der Waals surface area contributed by atoms with E-state index in [9.17, 15) is 4.79 Å². The average Bonchev–Trinajstić information content (AvgIpc) is 2.71. The monoisotopic (exact) mass is 441 g/mol. The summed E-state index contributed by atoms with van der Waals surface area (Å²) in [5.74, 6) is 1.34. The van der Waals surface area contributed by atoms with Gasteiger partial charge in [-0.15, -0.1) is 0 Å². The Morgan fingerprint density at radius 1 is 1.06 bits per heavy atom. The Balaban J connectivity index is 1.74. The third-order valence-electron chi connectivity index (χ3n) is 4.14. The normalized spacial score (nSPS) is 11.8. The number of ether oxygens (including phenoxy) is 2. The Hall–Kier alpha value is -3.29. The third-order valence-corrected chi connectivity index (χ3v) is 4.14. The summed E-state index contributed by atoms with van der Waals surface area (Å²) < 4.78 is 10.8. The highest BCUT2D eigenvalue weighted by molar-refractivity contribution is 5.84. The Labute approximate surface area is 190 Å². The molecule has 1 aromatic carbocycles. The van der Waals surface area contributed by atoms with Gasteiger partial charge in [0.15, 0.2) is 5.96 Å². The molecule has 0 atom stereocenters. The molecule has 0 saturated heterocycles. The van der Waals surface area contributed by atoms with Crippen molar-refractivity contribution in [2.75, 3.05) is 18.9 Å². The summed E-state index contributed by atoms with van der Waals surface area (Å²) in [6, 6.07) is 11.6. The van der Waals surface area contributed by atoms with Crippen LogP contribution in [0.25, 0.3) is 0 Å². The Morgan fingerprint density at radius 3 is 2.31 bits per heavy atom. The van der Waals surface area contributed by atoms with Gasteiger partial charge in [0.25, 0.3) is 0 Å². The Bertz CT molecular complexity index is 872. The van der Waals surface area contributed by atoms with Crippen LogP contribution in [-0.2, 0) is 17.7 Å². The number of anilines is 1. The molecule has 8 heteroatoms. The first-order valence-corrected chi connectivity index (χ1v) is 10.8. The smallest absolute Gasteiger partial charge is 0.412 e. The second-order valence-corrected chi connectivity index (χ2v) is 8.60. The lowest BCUT2D eigenvalue weighted by Crippen LogP contribution is -2.37. The van der Waals surface area contributed by atoms with Gasteiger partial charge < -0.3 is 20.1 Å². The lowest BCUT2D eigenvalue weighted by atomic mass is 10.1. The fourth-order valence-corrected chi connectivity index (χ4v) is 2.73. The molecule has 0 unspecified atom stereocenters. The van der Waals surface area contributed by atoms with Crippen LogP contribution in [0.15, 0.2) is 47.6 Å². The summed E-state index contributed by atoms with van der Waals surface area (Å²) in [4.78, 5) is 20.4. The average molecular weight is 442 g/mol. The van der Waals surface area contributed by atoms with Crippen LogP contribution < -0.4 is 20.7 Å². The number of aliphatic imine (C=N–C) groups is 1. The number of carbonyl (C=O) groups excluding carboxylic acids is 1. The first-order chi connectivity index (χ1) is 15.1. The molecule has 0 aliphatic carbocycles. The molecule has 32 heavy (non-hydrogen) atoms. The van der Waals surface area contributed by atoms with Gasteiger partial charge >= 0.3 is 6.09 Å². The molecule has 2 rings (SSSR count). The highest BCUT2D eigenvalue weighted by atomic mass is 16.6. The molecule has 0 bridgehead atoms. The number of rotatable bonds is 8. The van der Waals surface area contributed by atoms with E-state index in [1.807, 2.05) is 71.0 Å². The minimum absolute atomic E-state index is 0.104. The number of nitrogens with zero attached hydrogens (tertiary/aromatic N) is 2. The predicted molar refractivity (Wildman–Crippen MR) is 128 cm³/mol.